The van der Waals surface area contributed by atoms with Gasteiger partial charge in [-0.05, 0) is 37.6 Å². The lowest BCUT2D eigenvalue weighted by atomic mass is 10.1. The topological polar surface area (TPSA) is 96.0 Å². The second kappa shape index (κ2) is 7.43. The Labute approximate surface area is 190 Å². The summed E-state index contributed by atoms with van der Waals surface area (Å²) < 4.78 is 24.8. The summed E-state index contributed by atoms with van der Waals surface area (Å²) >= 11 is 6.25. The predicted octanol–water partition coefficient (Wildman–Crippen LogP) is 4.62. The molecule has 7 nitrogen and oxygen atoms in total. The van der Waals surface area contributed by atoms with Crippen LogP contribution in [0, 0.1) is 0 Å². The van der Waals surface area contributed by atoms with Crippen LogP contribution in [-0.4, -0.2) is 34.5 Å². The number of sulfone groups is 1. The lowest BCUT2D eigenvalue weighted by Gasteiger charge is -2.14. The number of halogens is 1. The summed E-state index contributed by atoms with van der Waals surface area (Å²) in [4.78, 5) is 27.2. The van der Waals surface area contributed by atoms with Gasteiger partial charge in [0.05, 0.1) is 44.9 Å². The number of aromatic amines is 1. The molecule has 3 heterocycles. The third-order valence-corrected chi connectivity index (χ3v) is 8.12. The minimum atomic E-state index is -3.35. The molecule has 1 aliphatic heterocycles. The molecule has 0 fully saturated rings. The quantitative estimate of drug-likeness (QED) is 0.473. The number of carbonyl (C=O) groups is 1. The van der Waals surface area contributed by atoms with Gasteiger partial charge in [0.2, 0.25) is 0 Å². The average Bonchev–Trinajstić information content (AvgIpc) is 3.34. The van der Waals surface area contributed by atoms with Crippen LogP contribution in [0.15, 0.2) is 59.8 Å². The molecule has 1 aliphatic rings. The molecule has 32 heavy (non-hydrogen) atoms. The minimum Gasteiger partial charge on any atom is -0.343 e. The number of carbonyl (C=O) groups excluding carboxylic acids is 1. The lowest BCUT2D eigenvalue weighted by molar-refractivity contribution is 0.0997. The van der Waals surface area contributed by atoms with Gasteiger partial charge in [0, 0.05) is 11.8 Å². The Kier molecular flexibility index (Phi) is 4.79. The van der Waals surface area contributed by atoms with Crippen LogP contribution >= 0.6 is 11.6 Å². The zero-order chi connectivity index (χ0) is 22.6. The fraction of sp³-hybridized carbons (Fsp3) is 0.174. The number of nitrogens with zero attached hydrogens (tertiary/aromatic N) is 3. The van der Waals surface area contributed by atoms with E-state index in [2.05, 4.69) is 9.97 Å². The molecule has 0 saturated carbocycles. The van der Waals surface area contributed by atoms with Crippen LogP contribution in [0.5, 0.6) is 0 Å². The molecule has 9 heteroatoms. The molecule has 0 atom stereocenters. The van der Waals surface area contributed by atoms with E-state index >= 15 is 0 Å². The van der Waals surface area contributed by atoms with Crippen molar-refractivity contribution in [3.8, 4) is 11.3 Å². The molecule has 0 saturated heterocycles. The molecule has 0 aliphatic carbocycles. The van der Waals surface area contributed by atoms with Crippen LogP contribution in [0.3, 0.4) is 0 Å². The predicted molar refractivity (Wildman–Crippen MR) is 124 cm³/mol. The van der Waals surface area contributed by atoms with E-state index in [1.165, 1.54) is 0 Å². The second-order valence-corrected chi connectivity index (χ2v) is 10.8. The fourth-order valence-corrected chi connectivity index (χ4v) is 5.16. The molecule has 0 unspecified atom stereocenters. The second-order valence-electron chi connectivity index (χ2n) is 7.91. The number of nitrogens with one attached hydrogen (secondary N) is 1. The number of fused-ring (bicyclic) bond motifs is 2. The van der Waals surface area contributed by atoms with Crippen molar-refractivity contribution >= 4 is 44.2 Å². The Bertz CT molecular complexity index is 1480. The monoisotopic (exact) mass is 466 g/mol. The third kappa shape index (κ3) is 3.18. The van der Waals surface area contributed by atoms with Crippen LogP contribution in [0.2, 0.25) is 5.02 Å². The van der Waals surface area contributed by atoms with Gasteiger partial charge in [0.1, 0.15) is 5.52 Å². The van der Waals surface area contributed by atoms with Crippen LogP contribution < -0.4 is 4.90 Å². The number of benzene rings is 2. The highest BCUT2D eigenvalue weighted by atomic mass is 35.5. The van der Waals surface area contributed by atoms with Crippen molar-refractivity contribution in [3.05, 3.63) is 71.0 Å². The lowest BCUT2D eigenvalue weighted by Crippen LogP contribution is -2.23. The Morgan fingerprint density at radius 3 is 2.56 bits per heavy atom. The molecule has 1 N–H and O–H groups in total. The minimum absolute atomic E-state index is 0.179. The van der Waals surface area contributed by atoms with E-state index in [4.69, 9.17) is 16.6 Å². The fourth-order valence-electron chi connectivity index (χ4n) is 3.82. The molecular formula is C23H19ClN4O3S. The zero-order valence-electron chi connectivity index (χ0n) is 17.3. The number of H-pyrrole nitrogens is 1. The number of hydrogen-bond donors (Lipinski definition) is 1. The first-order valence-corrected chi connectivity index (χ1v) is 12.0. The largest absolute Gasteiger partial charge is 0.343 e. The van der Waals surface area contributed by atoms with Crippen molar-refractivity contribution < 1.29 is 13.2 Å². The molecule has 2 aromatic carbocycles. The normalized spacial score (nSPS) is 13.9. The molecule has 0 radical (unpaired) electrons. The van der Waals surface area contributed by atoms with E-state index in [1.807, 2.05) is 12.1 Å². The van der Waals surface area contributed by atoms with Gasteiger partial charge < -0.3 is 9.88 Å². The van der Waals surface area contributed by atoms with Gasteiger partial charge in [0.25, 0.3) is 5.91 Å². The molecule has 0 spiro atoms. The number of aromatic nitrogens is 3. The van der Waals surface area contributed by atoms with Crippen molar-refractivity contribution in [1.82, 2.24) is 15.0 Å². The van der Waals surface area contributed by atoms with E-state index < -0.39 is 15.1 Å². The van der Waals surface area contributed by atoms with Gasteiger partial charge in [-0.3, -0.25) is 4.79 Å². The van der Waals surface area contributed by atoms with Crippen molar-refractivity contribution in [2.75, 3.05) is 4.90 Å². The summed E-state index contributed by atoms with van der Waals surface area (Å²) in [7, 11) is -3.35. The summed E-state index contributed by atoms with van der Waals surface area (Å²) in [5.74, 6) is -0.179. The number of rotatable bonds is 4. The maximum atomic E-state index is 13.0. The SMILES string of the molecule is CC(C)S(=O)(=O)c1ccc(-c2cnc3[nH]cc(N4Cc5cccc(Cl)c5C4=O)c3n2)cc1. The third-order valence-electron chi connectivity index (χ3n) is 5.64. The van der Waals surface area contributed by atoms with Crippen LogP contribution in [-0.2, 0) is 16.4 Å². The highest BCUT2D eigenvalue weighted by molar-refractivity contribution is 7.92. The highest BCUT2D eigenvalue weighted by Gasteiger charge is 2.32. The first-order chi connectivity index (χ1) is 15.3. The molecule has 162 valence electrons. The van der Waals surface area contributed by atoms with Crippen molar-refractivity contribution in [3.63, 3.8) is 0 Å². The van der Waals surface area contributed by atoms with Gasteiger partial charge in [-0.15, -0.1) is 0 Å². The maximum Gasteiger partial charge on any atom is 0.260 e. The first kappa shape index (κ1) is 20.7. The van der Waals surface area contributed by atoms with Crippen LogP contribution in [0.1, 0.15) is 29.8 Å². The Morgan fingerprint density at radius 1 is 1.12 bits per heavy atom. The molecule has 0 bridgehead atoms. The van der Waals surface area contributed by atoms with E-state index in [9.17, 15) is 13.2 Å². The van der Waals surface area contributed by atoms with Gasteiger partial charge in [-0.1, -0.05) is 35.9 Å². The van der Waals surface area contributed by atoms with Crippen LogP contribution in [0.4, 0.5) is 5.69 Å². The molecular weight excluding hydrogens is 448 g/mol. The summed E-state index contributed by atoms with van der Waals surface area (Å²) in [6.07, 6.45) is 3.33. The average molecular weight is 467 g/mol. The van der Waals surface area contributed by atoms with Crippen molar-refractivity contribution in [2.45, 2.75) is 30.5 Å². The Morgan fingerprint density at radius 2 is 1.88 bits per heavy atom. The molecule has 1 amide bonds. The van der Waals surface area contributed by atoms with Gasteiger partial charge >= 0.3 is 0 Å². The maximum absolute atomic E-state index is 13.0. The highest BCUT2D eigenvalue weighted by Crippen LogP contribution is 2.35. The molecule has 5 rings (SSSR count). The summed E-state index contributed by atoms with van der Waals surface area (Å²) in [6.45, 7) is 3.71. The smallest absolute Gasteiger partial charge is 0.260 e. The van der Waals surface area contributed by atoms with E-state index in [-0.39, 0.29) is 10.8 Å². The standard InChI is InChI=1S/C23H19ClN4O3S/c1-13(2)32(30,31)16-8-6-14(7-9-16)18-10-25-22-21(27-18)19(11-26-22)28-12-15-4-3-5-17(24)20(15)23(28)29/h3-11,13H,12H2,1-2H3,(H,25,26). The summed E-state index contributed by atoms with van der Waals surface area (Å²) in [6, 6.07) is 12.0. The van der Waals surface area contributed by atoms with Crippen LogP contribution in [0.25, 0.3) is 22.4 Å². The molecule has 2 aromatic heterocycles. The Balaban J connectivity index is 1.53. The van der Waals surface area contributed by atoms with Crippen molar-refractivity contribution in [1.29, 1.82) is 0 Å². The summed E-state index contributed by atoms with van der Waals surface area (Å²) in [5, 5.41) is -0.0689. The summed E-state index contributed by atoms with van der Waals surface area (Å²) in [5.41, 5.74) is 4.40. The number of amides is 1. The molecule has 4 aromatic rings. The number of hydrogen-bond acceptors (Lipinski definition) is 5. The zero-order valence-corrected chi connectivity index (χ0v) is 18.9. The van der Waals surface area contributed by atoms with E-state index in [0.29, 0.717) is 39.7 Å². The van der Waals surface area contributed by atoms with Gasteiger partial charge in [-0.2, -0.15) is 0 Å². The first-order valence-electron chi connectivity index (χ1n) is 10.0. The van der Waals surface area contributed by atoms with Crippen molar-refractivity contribution in [2.24, 2.45) is 0 Å². The van der Waals surface area contributed by atoms with Gasteiger partial charge in [-0.25, -0.2) is 18.4 Å². The van der Waals surface area contributed by atoms with Gasteiger partial charge in [0.15, 0.2) is 15.5 Å². The van der Waals surface area contributed by atoms with E-state index in [0.717, 1.165) is 11.1 Å². The van der Waals surface area contributed by atoms with E-state index in [1.54, 1.807) is 61.5 Å². The number of anilines is 1. The Hall–Kier alpha value is -3.23.